The fraction of sp³-hybridized carbons (Fsp3) is 0.286. The van der Waals surface area contributed by atoms with E-state index in [2.05, 4.69) is 20.5 Å². The lowest BCUT2D eigenvalue weighted by molar-refractivity contribution is -0.120. The molecule has 1 aromatic carbocycles. The summed E-state index contributed by atoms with van der Waals surface area (Å²) in [6.45, 7) is 0. The number of hydrogen-bond donors (Lipinski definition) is 1. The Balaban J connectivity index is 1.32. The van der Waals surface area contributed by atoms with Gasteiger partial charge in [0.25, 0.3) is 5.91 Å². The van der Waals surface area contributed by atoms with Crippen LogP contribution in [-0.4, -0.2) is 40.1 Å². The predicted octanol–water partition coefficient (Wildman–Crippen LogP) is 1.93. The summed E-state index contributed by atoms with van der Waals surface area (Å²) in [7, 11) is 1.68. The standard InChI is InChI=1S/C21H19N5O3/c1-26-18-13(8-5-9-22-18)14-11-15(14)17(21(26)28)23-19(27)20-25-24-16(29-20)10-12-6-3-2-4-7-12/h2-9,14-15,17H,10-11H2,1H3,(H,23,27)/t14-,15-,17-/m0/s1. The van der Waals surface area contributed by atoms with Crippen LogP contribution in [0.3, 0.4) is 0 Å². The van der Waals surface area contributed by atoms with Crippen LogP contribution >= 0.6 is 0 Å². The second kappa shape index (κ2) is 6.80. The van der Waals surface area contributed by atoms with E-state index in [4.69, 9.17) is 4.42 Å². The van der Waals surface area contributed by atoms with Gasteiger partial charge in [-0.3, -0.25) is 14.5 Å². The zero-order valence-corrected chi connectivity index (χ0v) is 15.8. The lowest BCUT2D eigenvalue weighted by atomic mass is 10.1. The monoisotopic (exact) mass is 389 g/mol. The number of benzene rings is 1. The molecule has 2 aliphatic rings. The van der Waals surface area contributed by atoms with Gasteiger partial charge in [-0.15, -0.1) is 10.2 Å². The maximum atomic E-state index is 13.0. The summed E-state index contributed by atoms with van der Waals surface area (Å²) in [4.78, 5) is 31.5. The smallest absolute Gasteiger partial charge is 0.309 e. The van der Waals surface area contributed by atoms with Crippen molar-refractivity contribution in [2.24, 2.45) is 5.92 Å². The summed E-state index contributed by atoms with van der Waals surface area (Å²) in [6.07, 6.45) is 2.95. The van der Waals surface area contributed by atoms with Crippen LogP contribution < -0.4 is 10.2 Å². The third kappa shape index (κ3) is 3.16. The van der Waals surface area contributed by atoms with Gasteiger partial charge in [-0.1, -0.05) is 36.4 Å². The fourth-order valence-corrected chi connectivity index (χ4v) is 3.97. The van der Waals surface area contributed by atoms with E-state index in [1.54, 1.807) is 13.2 Å². The first-order valence-electron chi connectivity index (χ1n) is 9.51. The van der Waals surface area contributed by atoms with Crippen LogP contribution in [0, 0.1) is 5.92 Å². The maximum absolute atomic E-state index is 13.0. The number of amides is 2. The van der Waals surface area contributed by atoms with Crippen molar-refractivity contribution >= 4 is 17.6 Å². The lowest BCUT2D eigenvalue weighted by Gasteiger charge is -2.22. The highest BCUT2D eigenvalue weighted by atomic mass is 16.4. The molecule has 3 heterocycles. The SMILES string of the molecule is CN1C(=O)[C@@H](NC(=O)c2nnc(Cc3ccccc3)o2)[C@H]2C[C@H]2c2cccnc21. The molecule has 1 N–H and O–H groups in total. The molecule has 1 saturated carbocycles. The van der Waals surface area contributed by atoms with Crippen molar-refractivity contribution in [1.82, 2.24) is 20.5 Å². The number of nitrogens with zero attached hydrogens (tertiary/aromatic N) is 4. The van der Waals surface area contributed by atoms with Gasteiger partial charge in [-0.05, 0) is 35.4 Å². The Morgan fingerprint density at radius 3 is 2.86 bits per heavy atom. The molecular formula is C21H19N5O3. The first kappa shape index (κ1) is 17.5. The Morgan fingerprint density at radius 1 is 1.21 bits per heavy atom. The Bertz CT molecular complexity index is 1080. The van der Waals surface area contributed by atoms with Gasteiger partial charge in [-0.25, -0.2) is 4.98 Å². The summed E-state index contributed by atoms with van der Waals surface area (Å²) in [5.74, 6) is 0.417. The number of carbonyl (C=O) groups is 2. The highest BCUT2D eigenvalue weighted by Crippen LogP contribution is 2.53. The number of carbonyl (C=O) groups excluding carboxylic acids is 2. The van der Waals surface area contributed by atoms with Gasteiger partial charge >= 0.3 is 11.8 Å². The van der Waals surface area contributed by atoms with E-state index in [0.717, 1.165) is 17.5 Å². The highest BCUT2D eigenvalue weighted by Gasteiger charge is 2.52. The number of nitrogens with one attached hydrogen (secondary N) is 1. The van der Waals surface area contributed by atoms with Gasteiger partial charge < -0.3 is 9.73 Å². The zero-order chi connectivity index (χ0) is 20.0. The van der Waals surface area contributed by atoms with Gasteiger partial charge in [0.1, 0.15) is 11.9 Å². The van der Waals surface area contributed by atoms with Gasteiger partial charge in [0, 0.05) is 13.2 Å². The normalized spacial score (nSPS) is 22.4. The minimum absolute atomic E-state index is 0.0473. The van der Waals surface area contributed by atoms with Gasteiger partial charge in [0.05, 0.1) is 6.42 Å². The largest absolute Gasteiger partial charge is 0.417 e. The molecule has 8 nitrogen and oxygen atoms in total. The maximum Gasteiger partial charge on any atom is 0.309 e. The topological polar surface area (TPSA) is 101 Å². The van der Waals surface area contributed by atoms with Crippen molar-refractivity contribution in [3.63, 3.8) is 0 Å². The molecule has 29 heavy (non-hydrogen) atoms. The fourth-order valence-electron chi connectivity index (χ4n) is 3.97. The van der Waals surface area contributed by atoms with Crippen molar-refractivity contribution < 1.29 is 14.0 Å². The number of pyridine rings is 1. The molecule has 1 fully saturated rings. The molecule has 3 aromatic rings. The van der Waals surface area contributed by atoms with Crippen LogP contribution in [0.4, 0.5) is 5.82 Å². The van der Waals surface area contributed by atoms with E-state index in [1.807, 2.05) is 42.5 Å². The van der Waals surface area contributed by atoms with Gasteiger partial charge in [0.2, 0.25) is 5.89 Å². The number of hydrogen-bond acceptors (Lipinski definition) is 6. The molecule has 8 heteroatoms. The van der Waals surface area contributed by atoms with E-state index < -0.39 is 11.9 Å². The second-order valence-electron chi connectivity index (χ2n) is 7.43. The quantitative estimate of drug-likeness (QED) is 0.732. The van der Waals surface area contributed by atoms with Crippen LogP contribution in [0.15, 0.2) is 53.1 Å². The Morgan fingerprint density at radius 2 is 2.03 bits per heavy atom. The molecule has 0 unspecified atom stereocenters. The van der Waals surface area contributed by atoms with Crippen molar-refractivity contribution in [3.8, 4) is 0 Å². The van der Waals surface area contributed by atoms with Gasteiger partial charge in [0.15, 0.2) is 0 Å². The molecule has 146 valence electrons. The van der Waals surface area contributed by atoms with Gasteiger partial charge in [-0.2, -0.15) is 0 Å². The second-order valence-corrected chi connectivity index (χ2v) is 7.43. The van der Waals surface area contributed by atoms with E-state index in [0.29, 0.717) is 18.1 Å². The number of likely N-dealkylation sites (N-methyl/N-ethyl adjacent to an activating group) is 1. The van der Waals surface area contributed by atoms with Crippen LogP contribution in [0.5, 0.6) is 0 Å². The van der Waals surface area contributed by atoms with Crippen LogP contribution in [0.25, 0.3) is 0 Å². The van der Waals surface area contributed by atoms with Crippen molar-refractivity contribution in [2.45, 2.75) is 24.8 Å². The van der Waals surface area contributed by atoms with Crippen LogP contribution in [0.2, 0.25) is 0 Å². The Labute approximate surface area is 167 Å². The predicted molar refractivity (Wildman–Crippen MR) is 103 cm³/mol. The molecule has 1 aliphatic carbocycles. The van der Waals surface area contributed by atoms with Crippen LogP contribution in [0.1, 0.15) is 40.0 Å². The number of aromatic nitrogens is 3. The zero-order valence-electron chi connectivity index (χ0n) is 15.8. The summed E-state index contributed by atoms with van der Waals surface area (Å²) in [5, 5.41) is 10.6. The van der Waals surface area contributed by atoms with Crippen LogP contribution in [-0.2, 0) is 11.2 Å². The van der Waals surface area contributed by atoms with Crippen molar-refractivity contribution in [1.29, 1.82) is 0 Å². The third-order valence-corrected chi connectivity index (χ3v) is 5.54. The number of rotatable bonds is 4. The summed E-state index contributed by atoms with van der Waals surface area (Å²) >= 11 is 0. The molecule has 5 rings (SSSR count). The molecule has 2 aromatic heterocycles. The average Bonchev–Trinajstić information content (AvgIpc) is 3.41. The summed E-state index contributed by atoms with van der Waals surface area (Å²) in [6, 6.07) is 12.9. The molecule has 1 aliphatic heterocycles. The molecule has 0 radical (unpaired) electrons. The minimum atomic E-state index is -0.642. The first-order chi connectivity index (χ1) is 14.1. The number of anilines is 1. The van der Waals surface area contributed by atoms with Crippen molar-refractivity contribution in [2.75, 3.05) is 11.9 Å². The molecule has 2 amide bonds. The highest BCUT2D eigenvalue weighted by molar-refractivity contribution is 6.02. The molecular weight excluding hydrogens is 370 g/mol. The van der Waals surface area contributed by atoms with Crippen molar-refractivity contribution in [3.05, 3.63) is 71.6 Å². The van der Waals surface area contributed by atoms with E-state index >= 15 is 0 Å². The molecule has 0 saturated heterocycles. The Hall–Kier alpha value is -3.55. The average molecular weight is 389 g/mol. The number of fused-ring (bicyclic) bond motifs is 3. The first-order valence-corrected chi connectivity index (χ1v) is 9.51. The molecule has 0 spiro atoms. The van der Waals surface area contributed by atoms with E-state index in [1.165, 1.54) is 4.90 Å². The third-order valence-electron chi connectivity index (χ3n) is 5.54. The van der Waals surface area contributed by atoms with E-state index in [-0.39, 0.29) is 23.6 Å². The summed E-state index contributed by atoms with van der Waals surface area (Å²) in [5.41, 5.74) is 2.06. The molecule has 3 atom stereocenters. The lowest BCUT2D eigenvalue weighted by Crippen LogP contribution is -2.48. The molecule has 0 bridgehead atoms. The summed E-state index contributed by atoms with van der Waals surface area (Å²) < 4.78 is 5.52. The Kier molecular flexibility index (Phi) is 4.12. The minimum Gasteiger partial charge on any atom is -0.417 e. The van der Waals surface area contributed by atoms with E-state index in [9.17, 15) is 9.59 Å².